The Morgan fingerprint density at radius 2 is 2.19 bits per heavy atom. The van der Waals surface area contributed by atoms with Crippen molar-refractivity contribution in [1.82, 2.24) is 4.98 Å². The Morgan fingerprint density at radius 1 is 1.56 bits per heavy atom. The maximum absolute atomic E-state index is 10.6. The van der Waals surface area contributed by atoms with Crippen LogP contribution in [0.2, 0.25) is 0 Å². The van der Waals surface area contributed by atoms with Crippen molar-refractivity contribution in [2.45, 2.75) is 0 Å². The molecule has 0 spiro atoms. The summed E-state index contributed by atoms with van der Waals surface area (Å²) in [5.74, 6) is -2.55. The molecule has 0 aliphatic carbocycles. The first kappa shape index (κ1) is 12.1. The largest absolute Gasteiger partial charge is 0.502 e. The van der Waals surface area contributed by atoms with E-state index in [1.165, 1.54) is 6.07 Å². The van der Waals surface area contributed by atoms with Crippen LogP contribution in [-0.2, 0) is 4.79 Å². The van der Waals surface area contributed by atoms with E-state index >= 15 is 0 Å². The minimum Gasteiger partial charge on any atom is -0.502 e. The van der Waals surface area contributed by atoms with Crippen LogP contribution in [0.15, 0.2) is 22.6 Å². The second-order valence-electron chi connectivity index (χ2n) is 2.66. The first-order chi connectivity index (χ1) is 7.41. The molecule has 7 nitrogen and oxygen atoms in total. The second-order valence-corrected chi connectivity index (χ2v) is 3.47. The first-order valence-electron chi connectivity index (χ1n) is 3.85. The van der Waals surface area contributed by atoms with Gasteiger partial charge in [-0.25, -0.2) is 9.78 Å². The lowest BCUT2D eigenvalue weighted by Gasteiger charge is -1.98. The van der Waals surface area contributed by atoms with E-state index in [9.17, 15) is 14.9 Å². The predicted molar refractivity (Wildman–Crippen MR) is 56.8 cm³/mol. The number of aliphatic hydroxyl groups excluding tert-OH is 1. The number of aliphatic carboxylic acids is 1. The number of carboxylic acids is 1. The van der Waals surface area contributed by atoms with E-state index < -0.39 is 22.3 Å². The zero-order valence-corrected chi connectivity index (χ0v) is 9.21. The molecule has 0 fully saturated rings. The van der Waals surface area contributed by atoms with Gasteiger partial charge in [-0.15, -0.1) is 0 Å². The van der Waals surface area contributed by atoms with E-state index in [1.54, 1.807) is 0 Å². The number of nitro groups is 1. The Kier molecular flexibility index (Phi) is 3.56. The minimum atomic E-state index is -1.57. The SMILES string of the molecule is O=C(O)C(O)=Cc1cc(Br)ncc1[N+](=O)[O-]. The van der Waals surface area contributed by atoms with Gasteiger partial charge < -0.3 is 10.2 Å². The van der Waals surface area contributed by atoms with Crippen LogP contribution < -0.4 is 0 Å². The summed E-state index contributed by atoms with van der Waals surface area (Å²) in [6.07, 6.45) is 1.75. The van der Waals surface area contributed by atoms with Crippen LogP contribution in [0.3, 0.4) is 0 Å². The van der Waals surface area contributed by atoms with Crippen LogP contribution in [0.25, 0.3) is 6.08 Å². The van der Waals surface area contributed by atoms with Gasteiger partial charge in [-0.2, -0.15) is 0 Å². The fourth-order valence-electron chi connectivity index (χ4n) is 0.914. The zero-order valence-electron chi connectivity index (χ0n) is 7.62. The molecule has 1 rings (SSSR count). The third-order valence-corrected chi connectivity index (χ3v) is 2.02. The molecule has 0 amide bonds. The lowest BCUT2D eigenvalue weighted by molar-refractivity contribution is -0.385. The van der Waals surface area contributed by atoms with Gasteiger partial charge in [-0.05, 0) is 22.0 Å². The number of rotatable bonds is 3. The molecule has 0 bridgehead atoms. The average Bonchev–Trinajstić information content (AvgIpc) is 2.16. The molecular weight excluding hydrogens is 284 g/mol. The van der Waals surface area contributed by atoms with Crippen molar-refractivity contribution >= 4 is 33.7 Å². The number of hydrogen-bond acceptors (Lipinski definition) is 5. The summed E-state index contributed by atoms with van der Waals surface area (Å²) in [4.78, 5) is 23.8. The van der Waals surface area contributed by atoms with Crippen LogP contribution >= 0.6 is 15.9 Å². The molecule has 16 heavy (non-hydrogen) atoms. The number of aromatic nitrogens is 1. The maximum Gasteiger partial charge on any atom is 0.370 e. The van der Waals surface area contributed by atoms with Crippen molar-refractivity contribution in [1.29, 1.82) is 0 Å². The van der Waals surface area contributed by atoms with Crippen molar-refractivity contribution in [3.8, 4) is 0 Å². The highest BCUT2D eigenvalue weighted by atomic mass is 79.9. The highest BCUT2D eigenvalue weighted by Gasteiger charge is 2.15. The topological polar surface area (TPSA) is 114 Å². The van der Waals surface area contributed by atoms with Crippen LogP contribution in [0.5, 0.6) is 0 Å². The van der Waals surface area contributed by atoms with E-state index in [0.29, 0.717) is 4.60 Å². The van der Waals surface area contributed by atoms with Gasteiger partial charge in [0, 0.05) is 6.08 Å². The van der Waals surface area contributed by atoms with Gasteiger partial charge in [0.15, 0.2) is 0 Å². The fourth-order valence-corrected chi connectivity index (χ4v) is 1.26. The molecule has 8 heteroatoms. The third-order valence-electron chi connectivity index (χ3n) is 1.59. The third kappa shape index (κ3) is 2.76. The van der Waals surface area contributed by atoms with Crippen molar-refractivity contribution in [2.75, 3.05) is 0 Å². The molecule has 84 valence electrons. The number of aliphatic hydroxyl groups is 1. The number of carbonyl (C=O) groups is 1. The molecule has 0 saturated heterocycles. The van der Waals surface area contributed by atoms with Gasteiger partial charge >= 0.3 is 5.97 Å². The molecule has 1 heterocycles. The molecule has 0 aliphatic heterocycles. The summed E-state index contributed by atoms with van der Waals surface area (Å²) in [5.41, 5.74) is -0.442. The van der Waals surface area contributed by atoms with Crippen LogP contribution in [0, 0.1) is 10.1 Å². The number of pyridine rings is 1. The van der Waals surface area contributed by atoms with Crippen LogP contribution in [0.1, 0.15) is 5.56 Å². The van der Waals surface area contributed by atoms with E-state index in [1.807, 2.05) is 0 Å². The Bertz CT molecular complexity index is 485. The van der Waals surface area contributed by atoms with Gasteiger partial charge in [0.05, 0.1) is 10.5 Å². The first-order valence-corrected chi connectivity index (χ1v) is 4.65. The van der Waals surface area contributed by atoms with Crippen molar-refractivity contribution in [2.24, 2.45) is 0 Å². The summed E-state index contributed by atoms with van der Waals surface area (Å²) >= 11 is 2.98. The van der Waals surface area contributed by atoms with Crippen molar-refractivity contribution in [3.05, 3.63) is 38.3 Å². The smallest absolute Gasteiger partial charge is 0.370 e. The summed E-state index contributed by atoms with van der Waals surface area (Å²) in [6, 6.07) is 1.23. The molecule has 0 radical (unpaired) electrons. The molecule has 1 aromatic heterocycles. The van der Waals surface area contributed by atoms with Gasteiger partial charge in [0.2, 0.25) is 5.76 Å². The number of hydrogen-bond donors (Lipinski definition) is 2. The Balaban J connectivity index is 3.31. The van der Waals surface area contributed by atoms with Gasteiger partial charge in [-0.1, -0.05) is 0 Å². The summed E-state index contributed by atoms with van der Waals surface area (Å²) in [7, 11) is 0. The summed E-state index contributed by atoms with van der Waals surface area (Å²) in [5, 5.41) is 28.0. The van der Waals surface area contributed by atoms with Crippen molar-refractivity contribution < 1.29 is 19.9 Å². The van der Waals surface area contributed by atoms with E-state index in [2.05, 4.69) is 20.9 Å². The number of carboxylic acid groups (broad SMARTS) is 1. The fraction of sp³-hybridized carbons (Fsp3) is 0. The summed E-state index contributed by atoms with van der Waals surface area (Å²) in [6.45, 7) is 0. The van der Waals surface area contributed by atoms with Gasteiger partial charge in [0.25, 0.3) is 5.69 Å². The van der Waals surface area contributed by atoms with Crippen LogP contribution in [-0.4, -0.2) is 26.1 Å². The van der Waals surface area contributed by atoms with E-state index in [4.69, 9.17) is 10.2 Å². The van der Waals surface area contributed by atoms with Crippen molar-refractivity contribution in [3.63, 3.8) is 0 Å². The molecule has 0 unspecified atom stereocenters. The summed E-state index contributed by atoms with van der Waals surface area (Å²) < 4.78 is 0.294. The maximum atomic E-state index is 10.6. The highest BCUT2D eigenvalue weighted by molar-refractivity contribution is 9.10. The quantitative estimate of drug-likeness (QED) is 0.288. The Hall–Kier alpha value is -1.96. The lowest BCUT2D eigenvalue weighted by atomic mass is 10.2. The normalized spacial score (nSPS) is 11.2. The predicted octanol–water partition coefficient (Wildman–Crippen LogP) is 1.74. The molecular formula is C8H5BrN2O5. The number of nitrogens with zero attached hydrogens (tertiary/aromatic N) is 2. The lowest BCUT2D eigenvalue weighted by Crippen LogP contribution is -2.00. The Labute approximate surface area is 97.3 Å². The standard InChI is InChI=1S/C8H5BrN2O5/c9-7-2-4(1-6(12)8(13)14)5(3-10-7)11(15)16/h1-3,12H,(H,13,14). The number of halogens is 1. The minimum absolute atomic E-state index is 0.0493. The molecule has 0 atom stereocenters. The molecule has 0 aromatic carbocycles. The monoisotopic (exact) mass is 288 g/mol. The van der Waals surface area contributed by atoms with Gasteiger partial charge in [0.1, 0.15) is 10.8 Å². The molecule has 0 saturated carbocycles. The molecule has 1 aromatic rings. The van der Waals surface area contributed by atoms with Gasteiger partial charge in [-0.3, -0.25) is 10.1 Å². The second kappa shape index (κ2) is 4.71. The zero-order chi connectivity index (χ0) is 12.3. The molecule has 0 aliphatic rings. The average molecular weight is 289 g/mol. The highest BCUT2D eigenvalue weighted by Crippen LogP contribution is 2.22. The van der Waals surface area contributed by atoms with E-state index in [-0.39, 0.29) is 5.56 Å². The van der Waals surface area contributed by atoms with Crippen LogP contribution in [0.4, 0.5) is 5.69 Å². The molecule has 2 N–H and O–H groups in total. The van der Waals surface area contributed by atoms with E-state index in [0.717, 1.165) is 12.3 Å². The Morgan fingerprint density at radius 3 is 2.69 bits per heavy atom.